The van der Waals surface area contributed by atoms with E-state index in [1.165, 1.54) is 25.3 Å². The van der Waals surface area contributed by atoms with Crippen molar-refractivity contribution in [1.29, 1.82) is 0 Å². The molecule has 2 amide bonds. The van der Waals surface area contributed by atoms with E-state index in [1.807, 2.05) is 20.8 Å². The van der Waals surface area contributed by atoms with Crippen LogP contribution < -0.4 is 15.8 Å². The topological polar surface area (TPSA) is 136 Å². The van der Waals surface area contributed by atoms with Gasteiger partial charge in [-0.3, -0.25) is 14.0 Å². The number of benzene rings is 1. The van der Waals surface area contributed by atoms with Gasteiger partial charge in [-0.15, -0.1) is 0 Å². The number of aromatic nitrogens is 3. The first-order chi connectivity index (χ1) is 21.7. The van der Waals surface area contributed by atoms with Gasteiger partial charge in [-0.05, 0) is 51.8 Å². The molecule has 1 aliphatic heterocycles. The van der Waals surface area contributed by atoms with Crippen molar-refractivity contribution in [3.8, 4) is 17.0 Å². The number of nitrogens with one attached hydrogen (secondary N) is 1. The van der Waals surface area contributed by atoms with E-state index >= 15 is 0 Å². The number of morpholine rings is 1. The molecule has 2 atom stereocenters. The van der Waals surface area contributed by atoms with Gasteiger partial charge in [-0.2, -0.15) is 13.2 Å². The zero-order chi connectivity index (χ0) is 33.9. The van der Waals surface area contributed by atoms with Crippen LogP contribution in [0, 0.1) is 5.92 Å². The number of anilines is 1. The average Bonchev–Trinajstić information content (AvgIpc) is 3.42. The number of carbonyl (C=O) groups excluding carboxylic acids is 2. The number of hydrogen-bond acceptors (Lipinski definition) is 8. The quantitative estimate of drug-likeness (QED) is 0.220. The molecule has 0 bridgehead atoms. The zero-order valence-corrected chi connectivity index (χ0v) is 26.7. The first-order valence-corrected chi connectivity index (χ1v) is 14.8. The van der Waals surface area contributed by atoms with Crippen molar-refractivity contribution in [3.63, 3.8) is 0 Å². The molecule has 1 aromatic carbocycles. The molecule has 15 heteroatoms. The highest BCUT2D eigenvalue weighted by molar-refractivity contribution is 6.30. The number of ether oxygens (including phenoxy) is 2. The number of fused-ring (bicyclic) bond motifs is 1. The van der Waals surface area contributed by atoms with Gasteiger partial charge in [0.05, 0.1) is 37.6 Å². The van der Waals surface area contributed by atoms with Gasteiger partial charge >= 0.3 is 6.18 Å². The lowest BCUT2D eigenvalue weighted by molar-refractivity contribution is -0.148. The Morgan fingerprint density at radius 2 is 2.07 bits per heavy atom. The summed E-state index contributed by atoms with van der Waals surface area (Å²) in [6.07, 6.45) is -2.38. The third kappa shape index (κ3) is 7.02. The number of hydrogen-bond donors (Lipinski definition) is 2. The Morgan fingerprint density at radius 3 is 2.67 bits per heavy atom. The summed E-state index contributed by atoms with van der Waals surface area (Å²) in [6, 6.07) is 4.31. The van der Waals surface area contributed by atoms with Gasteiger partial charge in [-0.25, -0.2) is 15.0 Å². The smallest absolute Gasteiger partial charge is 0.416 e. The Hall–Kier alpha value is -4.43. The molecule has 0 saturated carbocycles. The molecule has 3 heterocycles. The molecule has 0 radical (unpaired) electrons. The number of nitrogens with two attached hydrogens (primary N) is 1. The van der Waals surface area contributed by atoms with E-state index in [2.05, 4.69) is 22.0 Å². The van der Waals surface area contributed by atoms with Crippen molar-refractivity contribution in [3.05, 3.63) is 64.5 Å². The van der Waals surface area contributed by atoms with Crippen LogP contribution in [0.4, 0.5) is 19.0 Å². The van der Waals surface area contributed by atoms with Gasteiger partial charge in [0.15, 0.2) is 0 Å². The molecule has 246 valence electrons. The zero-order valence-electron chi connectivity index (χ0n) is 26.0. The predicted molar refractivity (Wildman–Crippen MR) is 169 cm³/mol. The van der Waals surface area contributed by atoms with Crippen LogP contribution >= 0.6 is 11.6 Å². The van der Waals surface area contributed by atoms with Gasteiger partial charge in [0.1, 0.15) is 45.7 Å². The molecule has 0 spiro atoms. The third-order valence-corrected chi connectivity index (χ3v) is 7.58. The lowest BCUT2D eigenvalue weighted by atomic mass is 10.1. The standard InChI is InChI=1S/C31H35ClF3N7O4/c1-7-19(31(33,34)35)12-24(37-6)39-29(43)18-9-10-20(21(11-18)45-8-2)25-26-27(36)38-13-23(32)42(26)28(40-25)22-14-41(17(5)15-46-22)30(44)16(3)4/h7,9-13,16-17,22H,6,8,14-15H2,1-5H3,(H2,36,38)(H,39,43)/b19-7+,24-12+/t17-,22+/m0/s1. The summed E-state index contributed by atoms with van der Waals surface area (Å²) < 4.78 is 53.4. The Labute approximate surface area is 268 Å². The molecule has 46 heavy (non-hydrogen) atoms. The number of nitrogens with zero attached hydrogens (tertiary/aromatic N) is 5. The van der Waals surface area contributed by atoms with Gasteiger partial charge in [0.2, 0.25) is 5.91 Å². The Balaban J connectivity index is 1.79. The molecular formula is C31H35ClF3N7O4. The highest BCUT2D eigenvalue weighted by Gasteiger charge is 2.35. The van der Waals surface area contributed by atoms with E-state index in [1.54, 1.807) is 22.3 Å². The SMILES string of the molecule is C=N/C(=C\C(=C/C)C(F)(F)F)NC(=O)c1ccc(-c2nc([C@H]3CN(C(=O)C(C)C)[C@@H](C)CO3)n3c(Cl)cnc(N)c23)c(OCC)c1. The monoisotopic (exact) mass is 661 g/mol. The van der Waals surface area contributed by atoms with Crippen LogP contribution in [0.3, 0.4) is 0 Å². The summed E-state index contributed by atoms with van der Waals surface area (Å²) in [5, 5.41) is 2.55. The number of allylic oxidation sites excluding steroid dienone is 3. The summed E-state index contributed by atoms with van der Waals surface area (Å²) in [4.78, 5) is 40.5. The predicted octanol–water partition coefficient (Wildman–Crippen LogP) is 5.76. The minimum absolute atomic E-state index is 0.0216. The van der Waals surface area contributed by atoms with E-state index in [-0.39, 0.29) is 65.7 Å². The highest BCUT2D eigenvalue weighted by Crippen LogP contribution is 2.39. The Morgan fingerprint density at radius 1 is 1.35 bits per heavy atom. The lowest BCUT2D eigenvalue weighted by Gasteiger charge is -2.38. The molecule has 0 unspecified atom stereocenters. The molecule has 11 nitrogen and oxygen atoms in total. The molecule has 1 aliphatic rings. The largest absolute Gasteiger partial charge is 0.493 e. The first-order valence-electron chi connectivity index (χ1n) is 14.5. The fraction of sp³-hybridized carbons (Fsp3) is 0.387. The molecule has 1 fully saturated rings. The van der Waals surface area contributed by atoms with E-state index < -0.39 is 23.8 Å². The summed E-state index contributed by atoms with van der Waals surface area (Å²) in [5.74, 6) is -0.643. The van der Waals surface area contributed by atoms with Crippen molar-refractivity contribution in [2.24, 2.45) is 10.9 Å². The number of aliphatic imine (C=N–C) groups is 1. The van der Waals surface area contributed by atoms with Gasteiger partial charge < -0.3 is 25.4 Å². The number of nitrogen functional groups attached to an aromatic ring is 1. The number of carbonyl (C=O) groups is 2. The van der Waals surface area contributed by atoms with Crippen LogP contribution in [0.1, 0.15) is 56.9 Å². The molecule has 0 aliphatic carbocycles. The first kappa shape index (κ1) is 34.4. The second-order valence-corrected chi connectivity index (χ2v) is 11.2. The normalized spacial score (nSPS) is 17.8. The Bertz CT molecular complexity index is 1720. The van der Waals surface area contributed by atoms with E-state index in [4.69, 9.17) is 31.8 Å². The number of rotatable bonds is 9. The number of alkyl halides is 3. The Kier molecular flexibility index (Phi) is 10.4. The second-order valence-electron chi connectivity index (χ2n) is 10.8. The number of halogens is 4. The van der Waals surface area contributed by atoms with Crippen LogP contribution in [0.2, 0.25) is 5.15 Å². The van der Waals surface area contributed by atoms with Crippen LogP contribution in [0.15, 0.2) is 52.9 Å². The fourth-order valence-corrected chi connectivity index (χ4v) is 5.23. The van der Waals surface area contributed by atoms with Crippen LogP contribution in [0.5, 0.6) is 5.75 Å². The van der Waals surface area contributed by atoms with Gasteiger partial charge in [-0.1, -0.05) is 31.5 Å². The van der Waals surface area contributed by atoms with Crippen molar-refractivity contribution in [2.75, 3.05) is 25.5 Å². The van der Waals surface area contributed by atoms with E-state index in [0.29, 0.717) is 28.7 Å². The van der Waals surface area contributed by atoms with Crippen LogP contribution in [-0.4, -0.2) is 69.8 Å². The second kappa shape index (κ2) is 13.9. The summed E-state index contributed by atoms with van der Waals surface area (Å²) >= 11 is 6.63. The average molecular weight is 662 g/mol. The van der Waals surface area contributed by atoms with Crippen molar-refractivity contribution in [1.82, 2.24) is 24.6 Å². The van der Waals surface area contributed by atoms with E-state index in [9.17, 15) is 22.8 Å². The van der Waals surface area contributed by atoms with Gasteiger partial charge in [0, 0.05) is 17.0 Å². The molecule has 2 aromatic heterocycles. The number of amides is 2. The van der Waals surface area contributed by atoms with Crippen molar-refractivity contribution < 1.29 is 32.2 Å². The maximum Gasteiger partial charge on any atom is 0.416 e. The third-order valence-electron chi connectivity index (χ3n) is 7.31. The fourth-order valence-electron chi connectivity index (χ4n) is 5.01. The maximum atomic E-state index is 13.3. The van der Waals surface area contributed by atoms with Crippen LogP contribution in [0.25, 0.3) is 16.8 Å². The van der Waals surface area contributed by atoms with Crippen LogP contribution in [-0.2, 0) is 9.53 Å². The molecule has 4 rings (SSSR count). The number of imidazole rings is 1. The van der Waals surface area contributed by atoms with Crippen molar-refractivity contribution >= 4 is 41.5 Å². The van der Waals surface area contributed by atoms with Gasteiger partial charge in [0.25, 0.3) is 5.91 Å². The molecule has 3 N–H and O–H groups in total. The molecular weight excluding hydrogens is 627 g/mol. The highest BCUT2D eigenvalue weighted by atomic mass is 35.5. The minimum Gasteiger partial charge on any atom is -0.493 e. The molecule has 3 aromatic rings. The van der Waals surface area contributed by atoms with E-state index in [0.717, 1.165) is 6.08 Å². The summed E-state index contributed by atoms with van der Waals surface area (Å²) in [6.45, 7) is 12.5. The van der Waals surface area contributed by atoms with Crippen molar-refractivity contribution in [2.45, 2.75) is 52.9 Å². The summed E-state index contributed by atoms with van der Waals surface area (Å²) in [7, 11) is 0. The maximum absolute atomic E-state index is 13.3. The molecule has 1 saturated heterocycles. The minimum atomic E-state index is -4.64. The lowest BCUT2D eigenvalue weighted by Crippen LogP contribution is -2.50. The summed E-state index contributed by atoms with van der Waals surface area (Å²) in [5.41, 5.74) is 6.54.